The number of likely N-dealkylation sites (N-methyl/N-ethyl adjacent to an activating group) is 1. The summed E-state index contributed by atoms with van der Waals surface area (Å²) in [4.78, 5) is 39.9. The van der Waals surface area contributed by atoms with E-state index in [0.29, 0.717) is 41.9 Å². The molecule has 1 aliphatic heterocycles. The van der Waals surface area contributed by atoms with Crippen LogP contribution in [0.3, 0.4) is 0 Å². The van der Waals surface area contributed by atoms with Crippen LogP contribution in [0.1, 0.15) is 22.5 Å². The van der Waals surface area contributed by atoms with Gasteiger partial charge in [-0.15, -0.1) is 11.3 Å². The third-order valence-electron chi connectivity index (χ3n) is 3.79. The number of hydrogen-bond acceptors (Lipinski definition) is 5. The highest BCUT2D eigenvalue weighted by Gasteiger charge is 2.22. The van der Waals surface area contributed by atoms with Crippen LogP contribution in [-0.4, -0.2) is 67.2 Å². The normalized spacial score (nSPS) is 15.5. The van der Waals surface area contributed by atoms with Crippen molar-refractivity contribution in [1.82, 2.24) is 15.1 Å². The number of carbonyl (C=O) groups excluding carboxylic acids is 3. The van der Waals surface area contributed by atoms with Gasteiger partial charge in [-0.3, -0.25) is 19.3 Å². The molecule has 2 amide bonds. The smallest absolute Gasteiger partial charge is 0.233 e. The molecule has 2 rings (SSSR count). The molecular weight excluding hydrogens is 338 g/mol. The number of hydrogen-bond donors (Lipinski definition) is 1. The highest BCUT2D eigenvalue weighted by Crippen LogP contribution is 2.23. The maximum absolute atomic E-state index is 12.2. The second kappa shape index (κ2) is 8.42. The molecule has 0 radical (unpaired) electrons. The van der Waals surface area contributed by atoms with E-state index in [1.807, 2.05) is 4.90 Å². The minimum Gasteiger partial charge on any atom is -0.358 e. The van der Waals surface area contributed by atoms with E-state index in [-0.39, 0.29) is 30.4 Å². The largest absolute Gasteiger partial charge is 0.358 e. The molecule has 0 bridgehead atoms. The van der Waals surface area contributed by atoms with Crippen molar-refractivity contribution >= 4 is 40.5 Å². The molecule has 1 aromatic rings. The fourth-order valence-electron chi connectivity index (χ4n) is 2.40. The standard InChI is InChI=1S/C15H20ClN3O3S/c1-17-14(21)10-18-6-8-19(9-7-18)15(22)5-2-11(20)12-3-4-13(16)23-12/h3-4H,2,5-10H2,1H3,(H,17,21). The van der Waals surface area contributed by atoms with Gasteiger partial charge >= 0.3 is 0 Å². The van der Waals surface area contributed by atoms with Crippen LogP contribution in [-0.2, 0) is 9.59 Å². The highest BCUT2D eigenvalue weighted by molar-refractivity contribution is 7.18. The van der Waals surface area contributed by atoms with E-state index >= 15 is 0 Å². The molecule has 0 atom stereocenters. The second-order valence-corrected chi connectivity index (χ2v) is 7.07. The monoisotopic (exact) mass is 357 g/mol. The predicted octanol–water partition coefficient (Wildman–Crippen LogP) is 1.25. The van der Waals surface area contributed by atoms with Gasteiger partial charge in [-0.25, -0.2) is 0 Å². The number of nitrogens with one attached hydrogen (secondary N) is 1. The molecule has 2 heterocycles. The maximum Gasteiger partial charge on any atom is 0.233 e. The highest BCUT2D eigenvalue weighted by atomic mass is 35.5. The number of Topliss-reactive ketones (excluding diaryl/α,β-unsaturated/α-hetero) is 1. The Morgan fingerprint density at radius 2 is 1.87 bits per heavy atom. The zero-order valence-corrected chi connectivity index (χ0v) is 14.6. The summed E-state index contributed by atoms with van der Waals surface area (Å²) in [6.45, 7) is 2.89. The number of amides is 2. The summed E-state index contributed by atoms with van der Waals surface area (Å²) in [6.07, 6.45) is 0.415. The molecule has 0 saturated carbocycles. The van der Waals surface area contributed by atoms with Crippen LogP contribution in [0.2, 0.25) is 4.34 Å². The second-order valence-electron chi connectivity index (χ2n) is 5.36. The third kappa shape index (κ3) is 5.30. The number of halogens is 1. The van der Waals surface area contributed by atoms with Crippen LogP contribution in [0, 0.1) is 0 Å². The fourth-order valence-corrected chi connectivity index (χ4v) is 3.41. The minimum absolute atomic E-state index is 0.0133. The first kappa shape index (κ1) is 17.9. The molecule has 1 N–H and O–H groups in total. The van der Waals surface area contributed by atoms with E-state index < -0.39 is 0 Å². The van der Waals surface area contributed by atoms with E-state index in [9.17, 15) is 14.4 Å². The third-order valence-corrected chi connectivity index (χ3v) is 5.06. The van der Waals surface area contributed by atoms with Crippen molar-refractivity contribution in [2.75, 3.05) is 39.8 Å². The lowest BCUT2D eigenvalue weighted by molar-refractivity contribution is -0.133. The SMILES string of the molecule is CNC(=O)CN1CCN(C(=O)CCC(=O)c2ccc(Cl)s2)CC1. The molecule has 126 valence electrons. The first-order valence-electron chi connectivity index (χ1n) is 7.49. The molecule has 1 saturated heterocycles. The van der Waals surface area contributed by atoms with Gasteiger partial charge in [0.15, 0.2) is 5.78 Å². The molecule has 23 heavy (non-hydrogen) atoms. The summed E-state index contributed by atoms with van der Waals surface area (Å²) in [5.41, 5.74) is 0. The molecule has 6 nitrogen and oxygen atoms in total. The maximum atomic E-state index is 12.2. The average molecular weight is 358 g/mol. The Bertz CT molecular complexity index is 582. The molecule has 0 spiro atoms. The zero-order valence-electron chi connectivity index (χ0n) is 13.0. The lowest BCUT2D eigenvalue weighted by atomic mass is 10.1. The summed E-state index contributed by atoms with van der Waals surface area (Å²) in [6, 6.07) is 3.38. The van der Waals surface area contributed by atoms with Crippen molar-refractivity contribution in [3.05, 3.63) is 21.3 Å². The van der Waals surface area contributed by atoms with Crippen molar-refractivity contribution in [1.29, 1.82) is 0 Å². The Labute approximate surface area is 144 Å². The first-order chi connectivity index (χ1) is 11.0. The molecule has 0 unspecified atom stereocenters. The summed E-state index contributed by atoms with van der Waals surface area (Å²) in [5, 5.41) is 2.59. The Kier molecular flexibility index (Phi) is 6.56. The lowest BCUT2D eigenvalue weighted by Crippen LogP contribution is -2.50. The van der Waals surface area contributed by atoms with Crippen LogP contribution in [0.15, 0.2) is 12.1 Å². The fraction of sp³-hybridized carbons (Fsp3) is 0.533. The van der Waals surface area contributed by atoms with Gasteiger partial charge in [0, 0.05) is 46.1 Å². The predicted molar refractivity (Wildman–Crippen MR) is 90.0 cm³/mol. The Morgan fingerprint density at radius 1 is 1.17 bits per heavy atom. The number of nitrogens with zero attached hydrogens (tertiary/aromatic N) is 2. The Hall–Kier alpha value is -1.44. The quantitative estimate of drug-likeness (QED) is 0.778. The van der Waals surface area contributed by atoms with Crippen molar-refractivity contribution in [3.63, 3.8) is 0 Å². The van der Waals surface area contributed by atoms with Crippen LogP contribution in [0.25, 0.3) is 0 Å². The van der Waals surface area contributed by atoms with E-state index in [1.54, 1.807) is 24.1 Å². The van der Waals surface area contributed by atoms with Gasteiger partial charge in [0.25, 0.3) is 0 Å². The summed E-state index contributed by atoms with van der Waals surface area (Å²) < 4.78 is 0.576. The zero-order chi connectivity index (χ0) is 16.8. The van der Waals surface area contributed by atoms with Crippen molar-refractivity contribution in [2.45, 2.75) is 12.8 Å². The number of ketones is 1. The average Bonchev–Trinajstić information content (AvgIpc) is 2.99. The van der Waals surface area contributed by atoms with Gasteiger partial charge in [0.1, 0.15) is 0 Å². The van der Waals surface area contributed by atoms with Gasteiger partial charge in [0.2, 0.25) is 11.8 Å². The molecular formula is C15H20ClN3O3S. The van der Waals surface area contributed by atoms with Gasteiger partial charge < -0.3 is 10.2 Å². The van der Waals surface area contributed by atoms with Crippen molar-refractivity contribution < 1.29 is 14.4 Å². The van der Waals surface area contributed by atoms with Crippen LogP contribution >= 0.6 is 22.9 Å². The number of rotatable bonds is 6. The Morgan fingerprint density at radius 3 is 2.43 bits per heavy atom. The molecule has 8 heteroatoms. The van der Waals surface area contributed by atoms with Gasteiger partial charge in [-0.2, -0.15) is 0 Å². The van der Waals surface area contributed by atoms with E-state index in [0.717, 1.165) is 0 Å². The summed E-state index contributed by atoms with van der Waals surface area (Å²) in [5.74, 6) is -0.0842. The van der Waals surface area contributed by atoms with Crippen LogP contribution < -0.4 is 5.32 Å². The Balaban J connectivity index is 1.73. The molecule has 1 aliphatic rings. The topological polar surface area (TPSA) is 69.7 Å². The van der Waals surface area contributed by atoms with Crippen LogP contribution in [0.5, 0.6) is 0 Å². The molecule has 1 aromatic heterocycles. The first-order valence-corrected chi connectivity index (χ1v) is 8.68. The molecule has 0 aromatic carbocycles. The van der Waals surface area contributed by atoms with Crippen LogP contribution in [0.4, 0.5) is 0 Å². The number of thiophene rings is 1. The van der Waals surface area contributed by atoms with E-state index in [2.05, 4.69) is 5.32 Å². The van der Waals surface area contributed by atoms with Gasteiger partial charge in [-0.1, -0.05) is 11.6 Å². The molecule has 0 aliphatic carbocycles. The van der Waals surface area contributed by atoms with Gasteiger partial charge in [-0.05, 0) is 12.1 Å². The number of carbonyl (C=O) groups is 3. The van der Waals surface area contributed by atoms with E-state index in [4.69, 9.17) is 11.6 Å². The lowest BCUT2D eigenvalue weighted by Gasteiger charge is -2.34. The van der Waals surface area contributed by atoms with E-state index in [1.165, 1.54) is 11.3 Å². The summed E-state index contributed by atoms with van der Waals surface area (Å²) in [7, 11) is 1.61. The van der Waals surface area contributed by atoms with Crippen molar-refractivity contribution in [3.8, 4) is 0 Å². The van der Waals surface area contributed by atoms with Crippen molar-refractivity contribution in [2.24, 2.45) is 0 Å². The number of piperazine rings is 1. The minimum atomic E-state index is -0.0477. The molecule has 1 fully saturated rings. The summed E-state index contributed by atoms with van der Waals surface area (Å²) >= 11 is 7.04. The van der Waals surface area contributed by atoms with Gasteiger partial charge in [0.05, 0.1) is 15.8 Å².